The molecule has 2 N–H and O–H groups in total. The van der Waals surface area contributed by atoms with Gasteiger partial charge in [0.15, 0.2) is 5.82 Å². The van der Waals surface area contributed by atoms with Gasteiger partial charge in [-0.3, -0.25) is 0 Å². The Labute approximate surface area is 149 Å². The third-order valence-corrected chi connectivity index (χ3v) is 3.44. The van der Waals surface area contributed by atoms with Crippen molar-refractivity contribution in [1.29, 1.82) is 5.26 Å². The lowest BCUT2D eigenvalue weighted by molar-refractivity contribution is 0.610. The molecular weight excluding hydrogens is 335 g/mol. The summed E-state index contributed by atoms with van der Waals surface area (Å²) < 4.78 is 15.8. The minimum absolute atomic E-state index is 0.0000562. The molecule has 8 nitrogen and oxygen atoms in total. The molecule has 26 heavy (non-hydrogen) atoms. The van der Waals surface area contributed by atoms with Crippen LogP contribution in [0.25, 0.3) is 17.3 Å². The molecule has 0 saturated heterocycles. The molecule has 130 valence electrons. The van der Waals surface area contributed by atoms with Gasteiger partial charge in [-0.2, -0.15) is 25.3 Å². The van der Waals surface area contributed by atoms with Gasteiger partial charge >= 0.3 is 0 Å². The number of aromatic nitrogens is 5. The Morgan fingerprint density at radius 3 is 2.73 bits per heavy atom. The highest BCUT2D eigenvalue weighted by molar-refractivity contribution is 5.87. The van der Waals surface area contributed by atoms with Crippen molar-refractivity contribution in [2.45, 2.75) is 0 Å². The smallest absolute Gasteiger partial charge is 0.230 e. The van der Waals surface area contributed by atoms with Crippen LogP contribution in [-0.4, -0.2) is 38.8 Å². The molecule has 0 aliphatic carbocycles. The van der Waals surface area contributed by atoms with Crippen molar-refractivity contribution in [3.63, 3.8) is 0 Å². The van der Waals surface area contributed by atoms with Crippen molar-refractivity contribution in [1.82, 2.24) is 24.7 Å². The second-order valence-corrected chi connectivity index (χ2v) is 5.54. The molecule has 0 spiro atoms. The van der Waals surface area contributed by atoms with E-state index in [9.17, 15) is 9.65 Å². The molecule has 0 fully saturated rings. The maximum absolute atomic E-state index is 14.4. The zero-order valence-corrected chi connectivity index (χ0v) is 14.1. The van der Waals surface area contributed by atoms with E-state index in [-0.39, 0.29) is 17.3 Å². The number of nitrogens with two attached hydrogens (primary N) is 1. The van der Waals surface area contributed by atoms with E-state index in [4.69, 9.17) is 5.73 Å². The Morgan fingerprint density at radius 1 is 1.31 bits per heavy atom. The van der Waals surface area contributed by atoms with Crippen LogP contribution < -0.4 is 10.6 Å². The fourth-order valence-corrected chi connectivity index (χ4v) is 2.22. The van der Waals surface area contributed by atoms with E-state index in [0.717, 1.165) is 0 Å². The van der Waals surface area contributed by atoms with Gasteiger partial charge in [0.05, 0.1) is 5.57 Å². The van der Waals surface area contributed by atoms with E-state index >= 15 is 0 Å². The number of halogens is 1. The normalized spacial score (nSPS) is 11.2. The number of nitrogens with zero attached hydrogens (tertiary/aromatic N) is 7. The molecule has 3 aromatic rings. The highest BCUT2D eigenvalue weighted by atomic mass is 19.1. The fraction of sp³-hybridized carbons (Fsp3) is 0.118. The number of nitriles is 1. The lowest BCUT2D eigenvalue weighted by atomic mass is 10.1. The highest BCUT2D eigenvalue weighted by Crippen LogP contribution is 2.20. The number of anilines is 2. The van der Waals surface area contributed by atoms with Crippen LogP contribution in [0.4, 0.5) is 16.3 Å². The van der Waals surface area contributed by atoms with Gasteiger partial charge < -0.3 is 10.6 Å². The first-order chi connectivity index (χ1) is 12.5. The van der Waals surface area contributed by atoms with Crippen molar-refractivity contribution in [2.24, 2.45) is 0 Å². The third kappa shape index (κ3) is 3.49. The second kappa shape index (κ2) is 6.98. The molecule has 0 aliphatic heterocycles. The summed E-state index contributed by atoms with van der Waals surface area (Å²) in [5.41, 5.74) is 6.63. The summed E-state index contributed by atoms with van der Waals surface area (Å²) in [4.78, 5) is 13.8. The van der Waals surface area contributed by atoms with Gasteiger partial charge in [0.2, 0.25) is 11.9 Å². The largest absolute Gasteiger partial charge is 0.368 e. The van der Waals surface area contributed by atoms with E-state index in [1.165, 1.54) is 16.8 Å². The van der Waals surface area contributed by atoms with Crippen LogP contribution in [-0.2, 0) is 0 Å². The summed E-state index contributed by atoms with van der Waals surface area (Å²) in [5, 5.41) is 13.5. The Hall–Kier alpha value is -3.80. The lowest BCUT2D eigenvalue weighted by Crippen LogP contribution is -2.15. The van der Waals surface area contributed by atoms with Gasteiger partial charge in [-0.05, 0) is 29.8 Å². The molecule has 0 unspecified atom stereocenters. The van der Waals surface area contributed by atoms with Gasteiger partial charge in [-0.25, -0.2) is 9.07 Å². The number of rotatable bonds is 4. The van der Waals surface area contributed by atoms with Crippen molar-refractivity contribution >= 4 is 23.5 Å². The standard InChI is InChI=1S/C17H15FN8/c1-25(2)17-23-15(22-16(20)24-17)12(10-19)8-11-4-5-14(13(18)9-11)26-7-3-6-21-26/h3-9H,1-2H3,(H2,20,22,23,24)/b12-8-. The van der Waals surface area contributed by atoms with Crippen molar-refractivity contribution < 1.29 is 4.39 Å². The monoisotopic (exact) mass is 350 g/mol. The van der Waals surface area contributed by atoms with Gasteiger partial charge in [0.25, 0.3) is 0 Å². The summed E-state index contributed by atoms with van der Waals surface area (Å²) in [6.07, 6.45) is 4.70. The van der Waals surface area contributed by atoms with E-state index in [2.05, 4.69) is 20.1 Å². The molecule has 0 amide bonds. The van der Waals surface area contributed by atoms with Crippen LogP contribution in [0.2, 0.25) is 0 Å². The molecule has 2 aromatic heterocycles. The van der Waals surface area contributed by atoms with E-state index in [1.54, 1.807) is 49.6 Å². The van der Waals surface area contributed by atoms with Crippen molar-refractivity contribution in [3.8, 4) is 11.8 Å². The number of hydrogen-bond donors (Lipinski definition) is 1. The van der Waals surface area contributed by atoms with Gasteiger partial charge in [-0.15, -0.1) is 0 Å². The molecule has 2 heterocycles. The zero-order valence-electron chi connectivity index (χ0n) is 14.1. The first kappa shape index (κ1) is 17.0. The Bertz CT molecular complexity index is 1000. The predicted octanol–water partition coefficient (Wildman–Crippen LogP) is 1.91. The molecule has 0 bridgehead atoms. The van der Waals surface area contributed by atoms with Gasteiger partial charge in [0, 0.05) is 26.5 Å². The zero-order chi connectivity index (χ0) is 18.7. The summed E-state index contributed by atoms with van der Waals surface area (Å²) >= 11 is 0. The quantitative estimate of drug-likeness (QED) is 0.716. The summed E-state index contributed by atoms with van der Waals surface area (Å²) in [5.74, 6) is -0.0157. The minimum atomic E-state index is -0.469. The lowest BCUT2D eigenvalue weighted by Gasteiger charge is -2.11. The maximum atomic E-state index is 14.4. The van der Waals surface area contributed by atoms with Crippen molar-refractivity contribution in [2.75, 3.05) is 24.7 Å². The fourth-order valence-electron chi connectivity index (χ4n) is 2.22. The Balaban J connectivity index is 2.00. The van der Waals surface area contributed by atoms with Gasteiger partial charge in [-0.1, -0.05) is 6.07 Å². The SMILES string of the molecule is CN(C)c1nc(N)nc(/C(C#N)=C\c2ccc(-n3cccn3)c(F)c2)n1. The van der Waals surface area contributed by atoms with E-state index in [1.807, 2.05) is 6.07 Å². The highest BCUT2D eigenvalue weighted by Gasteiger charge is 2.12. The Kier molecular flexibility index (Phi) is 4.57. The molecule has 0 radical (unpaired) electrons. The molecule has 9 heteroatoms. The summed E-state index contributed by atoms with van der Waals surface area (Å²) in [6.45, 7) is 0. The molecule has 0 saturated carbocycles. The number of allylic oxidation sites excluding steroid dienone is 1. The average molecular weight is 350 g/mol. The number of nitrogen functional groups attached to an aromatic ring is 1. The van der Waals surface area contributed by atoms with Crippen LogP contribution in [0.3, 0.4) is 0 Å². The van der Waals surface area contributed by atoms with Crippen LogP contribution in [0.1, 0.15) is 11.4 Å². The maximum Gasteiger partial charge on any atom is 0.230 e. The molecule has 1 aromatic carbocycles. The first-order valence-electron chi connectivity index (χ1n) is 7.58. The predicted molar refractivity (Wildman–Crippen MR) is 95.6 cm³/mol. The van der Waals surface area contributed by atoms with E-state index < -0.39 is 5.82 Å². The number of hydrogen-bond acceptors (Lipinski definition) is 7. The van der Waals surface area contributed by atoms with Crippen LogP contribution >= 0.6 is 0 Å². The minimum Gasteiger partial charge on any atom is -0.368 e. The molecule has 0 aliphatic rings. The topological polar surface area (TPSA) is 110 Å². The van der Waals surface area contributed by atoms with Crippen molar-refractivity contribution in [3.05, 3.63) is 53.9 Å². The van der Waals surface area contributed by atoms with Crippen LogP contribution in [0.15, 0.2) is 36.7 Å². The molecule has 3 rings (SSSR count). The number of benzene rings is 1. The average Bonchev–Trinajstić information content (AvgIpc) is 3.13. The van der Waals surface area contributed by atoms with Crippen LogP contribution in [0, 0.1) is 17.1 Å². The van der Waals surface area contributed by atoms with Crippen LogP contribution in [0.5, 0.6) is 0 Å². The first-order valence-corrected chi connectivity index (χ1v) is 7.58. The second-order valence-electron chi connectivity index (χ2n) is 5.54. The Morgan fingerprint density at radius 2 is 2.12 bits per heavy atom. The summed E-state index contributed by atoms with van der Waals surface area (Å²) in [6, 6.07) is 8.29. The molecular formula is C17H15FN8. The van der Waals surface area contributed by atoms with Gasteiger partial charge in [0.1, 0.15) is 17.6 Å². The third-order valence-electron chi connectivity index (χ3n) is 3.44. The van der Waals surface area contributed by atoms with E-state index in [0.29, 0.717) is 17.2 Å². The summed E-state index contributed by atoms with van der Waals surface area (Å²) in [7, 11) is 3.50. The molecule has 0 atom stereocenters.